The van der Waals surface area contributed by atoms with Gasteiger partial charge in [-0.1, -0.05) is 96.0 Å². The molecule has 5 heteroatoms. The monoisotopic (exact) mass is 426 g/mol. The van der Waals surface area contributed by atoms with Crippen LogP contribution in [0.15, 0.2) is 36.5 Å². The van der Waals surface area contributed by atoms with Crippen molar-refractivity contribution in [1.82, 2.24) is 9.97 Å². The topological polar surface area (TPSA) is 61.3 Å². The fraction of sp³-hybridized carbons (Fsp3) is 0.577. The number of ether oxygens (including phenoxy) is 2. The van der Waals surface area contributed by atoms with Crippen LogP contribution in [-0.4, -0.2) is 29.2 Å². The lowest BCUT2D eigenvalue weighted by Gasteiger charge is -2.11. The number of benzene rings is 1. The Hall–Kier alpha value is -2.43. The van der Waals surface area contributed by atoms with E-state index in [2.05, 4.69) is 30.7 Å². The molecule has 2 aromatic rings. The molecule has 0 saturated carbocycles. The van der Waals surface area contributed by atoms with Crippen LogP contribution < -0.4 is 4.74 Å². The van der Waals surface area contributed by atoms with E-state index in [1.54, 1.807) is 0 Å². The van der Waals surface area contributed by atoms with Gasteiger partial charge in [-0.25, -0.2) is 9.78 Å². The largest absolute Gasteiger partial charge is 0.463 e. The molecule has 1 atom stereocenters. The Morgan fingerprint density at radius 1 is 0.968 bits per heavy atom. The van der Waals surface area contributed by atoms with Crippen LogP contribution in [0.25, 0.3) is 11.3 Å². The minimum absolute atomic E-state index is 0.306. The summed E-state index contributed by atoms with van der Waals surface area (Å²) < 4.78 is 11.3. The first-order valence-corrected chi connectivity index (χ1v) is 11.9. The lowest BCUT2D eigenvalue weighted by Crippen LogP contribution is -2.11. The molecule has 2 rings (SSSR count). The summed E-state index contributed by atoms with van der Waals surface area (Å²) in [6, 6.07) is 9.95. The fourth-order valence-electron chi connectivity index (χ4n) is 3.31. The molecule has 0 spiro atoms. The molecule has 1 heterocycles. The van der Waals surface area contributed by atoms with Gasteiger partial charge in [0.15, 0.2) is 0 Å². The van der Waals surface area contributed by atoms with E-state index in [4.69, 9.17) is 9.47 Å². The highest BCUT2D eigenvalue weighted by molar-refractivity contribution is 5.95. The zero-order valence-electron chi connectivity index (χ0n) is 19.4. The van der Waals surface area contributed by atoms with Gasteiger partial charge in [-0.3, -0.25) is 0 Å². The van der Waals surface area contributed by atoms with Gasteiger partial charge in [0.05, 0.1) is 18.9 Å². The molecule has 5 nitrogen and oxygen atoms in total. The van der Waals surface area contributed by atoms with Crippen molar-refractivity contribution >= 4 is 5.97 Å². The summed E-state index contributed by atoms with van der Waals surface area (Å²) in [6.45, 7) is 7.69. The number of rotatable bonds is 15. The van der Waals surface area contributed by atoms with Crippen molar-refractivity contribution in [2.24, 2.45) is 5.92 Å². The minimum atomic E-state index is -0.382. The van der Waals surface area contributed by atoms with Crippen LogP contribution in [0.4, 0.5) is 0 Å². The minimum Gasteiger partial charge on any atom is -0.463 e. The Bertz CT molecular complexity index is 765. The second-order valence-electron chi connectivity index (χ2n) is 8.19. The van der Waals surface area contributed by atoms with Crippen molar-refractivity contribution in [1.29, 1.82) is 0 Å². The standard InChI is InChI=1S/C26H38N2O3/c1-4-6-7-13-18-30-25(29)23-20-27-26(28-24(23)22-16-11-8-12-17-22)31-19-14-9-10-15-21(3)5-2/h8,11-12,16-17,20-21H,4-7,9-10,13-15,18-19H2,1-3H3. The Balaban J connectivity index is 1.97. The average Bonchev–Trinajstić information content (AvgIpc) is 2.81. The maximum absolute atomic E-state index is 12.7. The van der Waals surface area contributed by atoms with E-state index < -0.39 is 0 Å². The zero-order valence-corrected chi connectivity index (χ0v) is 19.4. The van der Waals surface area contributed by atoms with Crippen LogP contribution >= 0.6 is 0 Å². The maximum atomic E-state index is 12.7. The number of hydrogen-bond acceptors (Lipinski definition) is 5. The highest BCUT2D eigenvalue weighted by atomic mass is 16.5. The number of carbonyl (C=O) groups excluding carboxylic acids is 1. The number of esters is 1. The number of nitrogens with zero attached hydrogens (tertiary/aromatic N) is 2. The first-order valence-electron chi connectivity index (χ1n) is 11.9. The predicted molar refractivity (Wildman–Crippen MR) is 125 cm³/mol. The van der Waals surface area contributed by atoms with Crippen molar-refractivity contribution in [3.63, 3.8) is 0 Å². The number of unbranched alkanes of at least 4 members (excludes halogenated alkanes) is 5. The van der Waals surface area contributed by atoms with Crippen LogP contribution in [-0.2, 0) is 4.74 Å². The van der Waals surface area contributed by atoms with Gasteiger partial charge in [0.2, 0.25) is 0 Å². The van der Waals surface area contributed by atoms with E-state index >= 15 is 0 Å². The van der Waals surface area contributed by atoms with E-state index in [0.717, 1.165) is 50.0 Å². The first-order chi connectivity index (χ1) is 15.2. The van der Waals surface area contributed by atoms with E-state index in [1.807, 2.05) is 30.3 Å². The third-order valence-electron chi connectivity index (χ3n) is 5.53. The van der Waals surface area contributed by atoms with E-state index in [9.17, 15) is 4.79 Å². The van der Waals surface area contributed by atoms with Gasteiger partial charge < -0.3 is 9.47 Å². The Kier molecular flexibility index (Phi) is 11.7. The quantitative estimate of drug-likeness (QED) is 0.230. The number of aromatic nitrogens is 2. The highest BCUT2D eigenvalue weighted by Crippen LogP contribution is 2.24. The summed E-state index contributed by atoms with van der Waals surface area (Å²) in [4.78, 5) is 21.5. The highest BCUT2D eigenvalue weighted by Gasteiger charge is 2.18. The molecule has 0 aliphatic heterocycles. The Morgan fingerprint density at radius 2 is 1.71 bits per heavy atom. The molecule has 1 aromatic heterocycles. The molecule has 0 aliphatic rings. The van der Waals surface area contributed by atoms with Crippen LogP contribution in [0.5, 0.6) is 6.01 Å². The number of carbonyl (C=O) groups is 1. The van der Waals surface area contributed by atoms with Crippen LogP contribution in [0.1, 0.15) is 88.9 Å². The van der Waals surface area contributed by atoms with Gasteiger partial charge in [0, 0.05) is 11.8 Å². The van der Waals surface area contributed by atoms with Crippen molar-refractivity contribution in [3.8, 4) is 17.3 Å². The molecule has 0 aliphatic carbocycles. The molecule has 0 bridgehead atoms. The Morgan fingerprint density at radius 3 is 2.45 bits per heavy atom. The lowest BCUT2D eigenvalue weighted by atomic mass is 10.0. The van der Waals surface area contributed by atoms with Gasteiger partial charge in [0.1, 0.15) is 5.56 Å². The molecule has 0 saturated heterocycles. The van der Waals surface area contributed by atoms with Gasteiger partial charge >= 0.3 is 12.0 Å². The van der Waals surface area contributed by atoms with Crippen LogP contribution in [0.3, 0.4) is 0 Å². The summed E-state index contributed by atoms with van der Waals surface area (Å²) in [7, 11) is 0. The van der Waals surface area contributed by atoms with Gasteiger partial charge in [-0.15, -0.1) is 0 Å². The molecular formula is C26H38N2O3. The third kappa shape index (κ3) is 9.07. The van der Waals surface area contributed by atoms with Crippen LogP contribution in [0, 0.1) is 5.92 Å². The van der Waals surface area contributed by atoms with Crippen molar-refractivity contribution in [2.45, 2.75) is 78.6 Å². The normalized spacial score (nSPS) is 11.8. The molecule has 0 amide bonds. The molecule has 1 aromatic carbocycles. The second kappa shape index (κ2) is 14.6. The summed E-state index contributed by atoms with van der Waals surface area (Å²) in [5.41, 5.74) is 1.78. The SMILES string of the molecule is CCCCCCOC(=O)c1cnc(OCCCCCC(C)CC)nc1-c1ccccc1. The van der Waals surface area contributed by atoms with E-state index in [-0.39, 0.29) is 5.97 Å². The van der Waals surface area contributed by atoms with Crippen LogP contribution in [0.2, 0.25) is 0 Å². The molecule has 170 valence electrons. The summed E-state index contributed by atoms with van der Waals surface area (Å²) in [5, 5.41) is 0. The predicted octanol–water partition coefficient (Wildman–Crippen LogP) is 6.87. The summed E-state index contributed by atoms with van der Waals surface area (Å²) in [5.74, 6) is 0.406. The van der Waals surface area contributed by atoms with Gasteiger partial charge in [-0.2, -0.15) is 4.98 Å². The Labute approximate surface area is 187 Å². The van der Waals surface area contributed by atoms with Crippen molar-refractivity contribution < 1.29 is 14.3 Å². The van der Waals surface area contributed by atoms with Crippen molar-refractivity contribution in [2.75, 3.05) is 13.2 Å². The van der Waals surface area contributed by atoms with Gasteiger partial charge in [-0.05, 0) is 18.8 Å². The molecule has 0 radical (unpaired) electrons. The van der Waals surface area contributed by atoms with E-state index in [1.165, 1.54) is 25.5 Å². The number of hydrogen-bond donors (Lipinski definition) is 0. The second-order valence-corrected chi connectivity index (χ2v) is 8.19. The molecule has 31 heavy (non-hydrogen) atoms. The average molecular weight is 427 g/mol. The molecule has 0 N–H and O–H groups in total. The smallest absolute Gasteiger partial charge is 0.341 e. The maximum Gasteiger partial charge on any atom is 0.341 e. The molecule has 1 unspecified atom stereocenters. The molecule has 0 fully saturated rings. The fourth-order valence-corrected chi connectivity index (χ4v) is 3.31. The molecular weight excluding hydrogens is 388 g/mol. The lowest BCUT2D eigenvalue weighted by molar-refractivity contribution is 0.0497. The third-order valence-corrected chi connectivity index (χ3v) is 5.53. The summed E-state index contributed by atoms with van der Waals surface area (Å²) in [6.07, 6.45) is 11.6. The van der Waals surface area contributed by atoms with E-state index in [0.29, 0.717) is 30.5 Å². The van der Waals surface area contributed by atoms with Crippen molar-refractivity contribution in [3.05, 3.63) is 42.1 Å². The van der Waals surface area contributed by atoms with Gasteiger partial charge in [0.25, 0.3) is 0 Å². The first kappa shape index (κ1) is 24.8. The zero-order chi connectivity index (χ0) is 22.3. The summed E-state index contributed by atoms with van der Waals surface area (Å²) >= 11 is 0.